The molecule has 0 N–H and O–H groups in total. The molecule has 1 aliphatic carbocycles. The largest absolute Gasteiger partial charge is 0.255 e. The van der Waals surface area contributed by atoms with Crippen molar-refractivity contribution in [3.8, 4) is 11.1 Å². The average Bonchev–Trinajstić information content (AvgIpc) is 2.77. The minimum Gasteiger partial charge on any atom is -0.206 e. The van der Waals surface area contributed by atoms with Gasteiger partial charge in [-0.1, -0.05) is 88.8 Å². The summed E-state index contributed by atoms with van der Waals surface area (Å²) in [4.78, 5) is 0. The maximum Gasteiger partial charge on any atom is 0.255 e. The number of rotatable bonds is 10. The third kappa shape index (κ3) is 5.94. The molecule has 0 nitrogen and oxygen atoms in total. The third-order valence-electron chi connectivity index (χ3n) is 6.97. The molecule has 2 aromatic rings. The third-order valence-corrected chi connectivity index (χ3v) is 6.97. The number of aryl methyl sites for hydroxylation is 1. The molecule has 3 rings (SSSR count). The molecule has 2 atom stereocenters. The van der Waals surface area contributed by atoms with Crippen LogP contribution in [0.25, 0.3) is 11.1 Å². The van der Waals surface area contributed by atoms with Crippen molar-refractivity contribution in [2.75, 3.05) is 0 Å². The lowest BCUT2D eigenvalue weighted by Crippen LogP contribution is -2.35. The van der Waals surface area contributed by atoms with Gasteiger partial charge in [-0.2, -0.15) is 0 Å². The van der Waals surface area contributed by atoms with Crippen LogP contribution in [-0.4, -0.2) is 5.92 Å². The van der Waals surface area contributed by atoms with Gasteiger partial charge in [0.2, 0.25) is 0 Å². The monoisotopic (exact) mass is 448 g/mol. The van der Waals surface area contributed by atoms with Gasteiger partial charge in [0, 0.05) is 12.0 Å². The highest BCUT2D eigenvalue weighted by Gasteiger charge is 2.46. The van der Waals surface area contributed by atoms with Crippen molar-refractivity contribution >= 4 is 0 Å². The molecule has 0 aromatic heterocycles. The fourth-order valence-electron chi connectivity index (χ4n) is 5.04. The molecule has 4 heteroatoms. The van der Waals surface area contributed by atoms with Crippen molar-refractivity contribution in [3.63, 3.8) is 0 Å². The molecule has 1 aliphatic rings. The number of halogens is 4. The normalized spacial score (nSPS) is 20.4. The first-order chi connectivity index (χ1) is 15.4. The Morgan fingerprint density at radius 2 is 1.50 bits per heavy atom. The average molecular weight is 449 g/mol. The number of unbranched alkanes of at least 4 members (excludes halogenated alkanes) is 4. The Morgan fingerprint density at radius 1 is 0.812 bits per heavy atom. The van der Waals surface area contributed by atoms with Crippen LogP contribution >= 0.6 is 0 Å². The summed E-state index contributed by atoms with van der Waals surface area (Å²) in [5.41, 5.74) is 1.68. The summed E-state index contributed by atoms with van der Waals surface area (Å²) in [5, 5.41) is 0. The Kier molecular flexibility index (Phi) is 8.79. The Hall–Kier alpha value is -1.84. The lowest BCUT2D eigenvalue weighted by molar-refractivity contribution is -0.0747. The first kappa shape index (κ1) is 24.8. The van der Waals surface area contributed by atoms with Gasteiger partial charge in [-0.25, -0.2) is 17.6 Å². The molecule has 1 saturated carbocycles. The number of alkyl halides is 2. The fourth-order valence-corrected chi connectivity index (χ4v) is 5.04. The van der Waals surface area contributed by atoms with E-state index in [1.165, 1.54) is 12.1 Å². The Bertz CT molecular complexity index is 856. The highest BCUT2D eigenvalue weighted by molar-refractivity contribution is 5.65. The van der Waals surface area contributed by atoms with E-state index in [0.717, 1.165) is 56.9 Å². The van der Waals surface area contributed by atoms with E-state index in [0.29, 0.717) is 12.0 Å². The molecule has 0 radical (unpaired) electrons. The van der Waals surface area contributed by atoms with Gasteiger partial charge in [-0.05, 0) is 48.3 Å². The highest BCUT2D eigenvalue weighted by atomic mass is 19.3. The van der Waals surface area contributed by atoms with Gasteiger partial charge >= 0.3 is 0 Å². The first-order valence-corrected chi connectivity index (χ1v) is 12.3. The van der Waals surface area contributed by atoms with Gasteiger partial charge in [-0.3, -0.25) is 0 Å². The molecule has 0 unspecified atom stereocenters. The van der Waals surface area contributed by atoms with E-state index < -0.39 is 23.5 Å². The van der Waals surface area contributed by atoms with Crippen molar-refractivity contribution in [3.05, 3.63) is 59.2 Å². The molecule has 32 heavy (non-hydrogen) atoms. The summed E-state index contributed by atoms with van der Waals surface area (Å²) in [5.74, 6) is -6.44. The fraction of sp³-hybridized carbons (Fsp3) is 0.571. The van der Waals surface area contributed by atoms with Crippen molar-refractivity contribution in [1.29, 1.82) is 0 Å². The van der Waals surface area contributed by atoms with Crippen LogP contribution in [0.2, 0.25) is 0 Å². The number of hydrogen-bond donors (Lipinski definition) is 0. The number of hydrogen-bond acceptors (Lipinski definition) is 0. The van der Waals surface area contributed by atoms with Gasteiger partial charge in [0.15, 0.2) is 11.6 Å². The smallest absolute Gasteiger partial charge is 0.206 e. The molecule has 0 spiro atoms. The SMILES string of the molecule is CCCCCc1ccc(-c2ccc([C@H]3CC[C@H](CCCCC)CC3(F)F)c(F)c2F)cc1. The standard InChI is InChI=1S/C28H36F4/c1-3-5-7-9-20-11-14-22(15-12-20)23-16-17-24(27(30)26(23)29)25-18-13-21(10-8-6-4-2)19-28(25,31)32/h11-12,14-17,21,25H,3-10,13,18-19H2,1-2H3/t21-,25+/m0/s1. The van der Waals surface area contributed by atoms with Crippen molar-refractivity contribution in [2.24, 2.45) is 5.92 Å². The zero-order valence-corrected chi connectivity index (χ0v) is 19.4. The summed E-state index contributed by atoms with van der Waals surface area (Å²) in [7, 11) is 0. The molecule has 0 bridgehead atoms. The first-order valence-electron chi connectivity index (χ1n) is 12.3. The van der Waals surface area contributed by atoms with Crippen LogP contribution in [0.15, 0.2) is 36.4 Å². The van der Waals surface area contributed by atoms with Crippen molar-refractivity contribution in [2.45, 2.75) is 96.3 Å². The quantitative estimate of drug-likeness (QED) is 0.251. The molecule has 0 heterocycles. The van der Waals surface area contributed by atoms with E-state index in [4.69, 9.17) is 0 Å². The van der Waals surface area contributed by atoms with E-state index in [9.17, 15) is 17.6 Å². The molecule has 0 saturated heterocycles. The van der Waals surface area contributed by atoms with Crippen LogP contribution < -0.4 is 0 Å². The molecular weight excluding hydrogens is 412 g/mol. The highest BCUT2D eigenvalue weighted by Crippen LogP contribution is 2.49. The van der Waals surface area contributed by atoms with E-state index in [1.807, 2.05) is 12.1 Å². The van der Waals surface area contributed by atoms with Crippen molar-refractivity contribution in [1.82, 2.24) is 0 Å². The van der Waals surface area contributed by atoms with Crippen LogP contribution in [0, 0.1) is 17.6 Å². The summed E-state index contributed by atoms with van der Waals surface area (Å²) in [6, 6.07) is 10.3. The predicted octanol–water partition coefficient (Wildman–Crippen LogP) is 9.46. The second-order valence-corrected chi connectivity index (χ2v) is 9.44. The Labute approximate surface area is 190 Å². The van der Waals surface area contributed by atoms with Gasteiger partial charge in [0.05, 0.1) is 5.92 Å². The molecule has 2 aromatic carbocycles. The van der Waals surface area contributed by atoms with E-state index in [2.05, 4.69) is 13.8 Å². The van der Waals surface area contributed by atoms with Gasteiger partial charge in [0.25, 0.3) is 5.92 Å². The second-order valence-electron chi connectivity index (χ2n) is 9.44. The molecule has 0 aliphatic heterocycles. The zero-order valence-electron chi connectivity index (χ0n) is 19.4. The van der Waals surface area contributed by atoms with E-state index >= 15 is 0 Å². The molecule has 0 amide bonds. The van der Waals surface area contributed by atoms with Gasteiger partial charge in [-0.15, -0.1) is 0 Å². The molecule has 176 valence electrons. The summed E-state index contributed by atoms with van der Waals surface area (Å²) < 4.78 is 59.8. The van der Waals surface area contributed by atoms with Crippen LogP contribution in [0.3, 0.4) is 0 Å². The number of benzene rings is 2. The second kappa shape index (κ2) is 11.3. The Balaban J connectivity index is 1.74. The summed E-state index contributed by atoms with van der Waals surface area (Å²) >= 11 is 0. The van der Waals surface area contributed by atoms with Crippen LogP contribution in [0.1, 0.15) is 95.1 Å². The Morgan fingerprint density at radius 3 is 2.16 bits per heavy atom. The zero-order chi connectivity index (χ0) is 23.1. The maximum absolute atomic E-state index is 15.0. The minimum atomic E-state index is -3.01. The van der Waals surface area contributed by atoms with Gasteiger partial charge in [0.1, 0.15) is 0 Å². The van der Waals surface area contributed by atoms with Crippen LogP contribution in [0.4, 0.5) is 17.6 Å². The van der Waals surface area contributed by atoms with Crippen LogP contribution in [-0.2, 0) is 6.42 Å². The minimum absolute atomic E-state index is 0.0316. The van der Waals surface area contributed by atoms with Gasteiger partial charge < -0.3 is 0 Å². The van der Waals surface area contributed by atoms with E-state index in [-0.39, 0.29) is 29.9 Å². The molecule has 1 fully saturated rings. The lowest BCUT2D eigenvalue weighted by Gasteiger charge is -2.36. The van der Waals surface area contributed by atoms with Crippen LogP contribution in [0.5, 0.6) is 0 Å². The summed E-state index contributed by atoms with van der Waals surface area (Å²) in [6.45, 7) is 4.24. The lowest BCUT2D eigenvalue weighted by atomic mass is 9.74. The topological polar surface area (TPSA) is 0 Å². The summed E-state index contributed by atoms with van der Waals surface area (Å²) in [6.07, 6.45) is 8.83. The predicted molar refractivity (Wildman–Crippen MR) is 124 cm³/mol. The van der Waals surface area contributed by atoms with E-state index in [1.54, 1.807) is 12.1 Å². The maximum atomic E-state index is 15.0. The van der Waals surface area contributed by atoms with Crippen molar-refractivity contribution < 1.29 is 17.6 Å². The molecular formula is C28H36F4.